The fourth-order valence-corrected chi connectivity index (χ4v) is 4.84. The fraction of sp³-hybridized carbons (Fsp3) is 0.444. The van der Waals surface area contributed by atoms with Gasteiger partial charge in [-0.05, 0) is 18.4 Å². The average molecular weight is 394 g/mol. The summed E-state index contributed by atoms with van der Waals surface area (Å²) in [6, 6.07) is 10.2. The van der Waals surface area contributed by atoms with Crippen LogP contribution in [0.2, 0.25) is 0 Å². The Morgan fingerprint density at radius 3 is 2.62 bits per heavy atom. The number of piperidine rings is 1. The molecule has 0 aliphatic carbocycles. The van der Waals surface area contributed by atoms with Gasteiger partial charge in [-0.1, -0.05) is 30.3 Å². The lowest BCUT2D eigenvalue weighted by Gasteiger charge is -2.29. The molecule has 1 aromatic carbocycles. The lowest BCUT2D eigenvalue weighted by Crippen LogP contribution is -2.42. The molecule has 0 atom stereocenters. The van der Waals surface area contributed by atoms with Gasteiger partial charge in [0.2, 0.25) is 15.9 Å². The molecule has 0 radical (unpaired) electrons. The normalized spacial score (nSPS) is 16.5. The van der Waals surface area contributed by atoms with Crippen molar-refractivity contribution in [1.82, 2.24) is 14.6 Å². The van der Waals surface area contributed by atoms with Gasteiger partial charge in [0.15, 0.2) is 0 Å². The summed E-state index contributed by atoms with van der Waals surface area (Å²) in [5, 5.41) is 3.83. The number of nitrogens with zero attached hydrogens (tertiary/aromatic N) is 2. The molecule has 1 saturated heterocycles. The molecule has 1 amide bonds. The number of carbonyl (C=O) groups is 1. The van der Waals surface area contributed by atoms with Crippen LogP contribution in [0.1, 0.15) is 28.3 Å². The first-order chi connectivity index (χ1) is 12.4. The average Bonchev–Trinajstić information content (AvgIpc) is 3.07. The Morgan fingerprint density at radius 1 is 1.27 bits per heavy atom. The summed E-state index contributed by atoms with van der Waals surface area (Å²) in [6.45, 7) is 1.25. The molecule has 2 heterocycles. The van der Waals surface area contributed by atoms with Gasteiger partial charge in [-0.3, -0.25) is 4.79 Å². The molecule has 1 fully saturated rings. The molecule has 0 unspecified atom stereocenters. The van der Waals surface area contributed by atoms with Crippen LogP contribution < -0.4 is 5.32 Å². The Bertz CT molecular complexity index is 842. The number of amides is 1. The number of hydrogen-bond acceptors (Lipinski definition) is 5. The zero-order chi connectivity index (χ0) is 18.6. The zero-order valence-electron chi connectivity index (χ0n) is 14.7. The van der Waals surface area contributed by atoms with E-state index in [-0.39, 0.29) is 11.8 Å². The number of aromatic nitrogens is 1. The molecule has 0 bridgehead atoms. The molecule has 26 heavy (non-hydrogen) atoms. The third-order valence-corrected chi connectivity index (χ3v) is 6.83. The van der Waals surface area contributed by atoms with Gasteiger partial charge in [0, 0.05) is 36.5 Å². The summed E-state index contributed by atoms with van der Waals surface area (Å²) in [4.78, 5) is 17.9. The van der Waals surface area contributed by atoms with E-state index in [0.717, 1.165) is 11.4 Å². The Morgan fingerprint density at radius 2 is 1.96 bits per heavy atom. The monoisotopic (exact) mass is 393 g/mol. The molecule has 3 rings (SSSR count). The van der Waals surface area contributed by atoms with Crippen molar-refractivity contribution in [3.63, 3.8) is 0 Å². The first kappa shape index (κ1) is 19.0. The third kappa shape index (κ3) is 5.12. The van der Waals surface area contributed by atoms with Crippen LogP contribution in [0.4, 0.5) is 0 Å². The maximum atomic E-state index is 12.3. The number of thiazole rings is 1. The van der Waals surface area contributed by atoms with E-state index in [0.29, 0.717) is 32.5 Å². The smallest absolute Gasteiger partial charge is 0.223 e. The highest BCUT2D eigenvalue weighted by atomic mass is 32.2. The predicted octanol–water partition coefficient (Wildman–Crippen LogP) is 2.02. The van der Waals surface area contributed by atoms with Gasteiger partial charge in [0.05, 0.1) is 12.8 Å². The number of nitrogens with one attached hydrogen (secondary N) is 1. The molecule has 1 aromatic heterocycles. The quantitative estimate of drug-likeness (QED) is 0.814. The van der Waals surface area contributed by atoms with E-state index in [4.69, 9.17) is 0 Å². The van der Waals surface area contributed by atoms with E-state index >= 15 is 0 Å². The van der Waals surface area contributed by atoms with Gasteiger partial charge in [-0.2, -0.15) is 0 Å². The summed E-state index contributed by atoms with van der Waals surface area (Å²) < 4.78 is 24.5. The lowest BCUT2D eigenvalue weighted by molar-refractivity contribution is -0.126. The molecule has 8 heteroatoms. The molecule has 1 N–H and O–H groups in total. The summed E-state index contributed by atoms with van der Waals surface area (Å²) in [5.41, 5.74) is 1.24. The fourth-order valence-electron chi connectivity index (χ4n) is 3.07. The van der Waals surface area contributed by atoms with E-state index < -0.39 is 10.0 Å². The van der Waals surface area contributed by atoms with Crippen molar-refractivity contribution in [2.75, 3.05) is 19.3 Å². The van der Waals surface area contributed by atoms with Gasteiger partial charge >= 0.3 is 0 Å². The third-order valence-electron chi connectivity index (χ3n) is 4.53. The second-order valence-corrected chi connectivity index (χ2v) is 9.72. The molecule has 6 nitrogen and oxygen atoms in total. The van der Waals surface area contributed by atoms with E-state index in [1.807, 2.05) is 24.4 Å². The molecule has 1 aliphatic rings. The van der Waals surface area contributed by atoms with E-state index in [1.165, 1.54) is 21.0 Å². The van der Waals surface area contributed by atoms with E-state index in [2.05, 4.69) is 22.4 Å². The number of carbonyl (C=O) groups excluding carboxylic acids is 1. The van der Waals surface area contributed by atoms with Crippen molar-refractivity contribution in [2.24, 2.45) is 5.92 Å². The molecule has 2 aromatic rings. The first-order valence-corrected chi connectivity index (χ1v) is 11.3. The largest absolute Gasteiger partial charge is 0.349 e. The van der Waals surface area contributed by atoms with Gasteiger partial charge in [0.25, 0.3) is 0 Å². The van der Waals surface area contributed by atoms with Crippen LogP contribution in [0, 0.1) is 5.92 Å². The van der Waals surface area contributed by atoms with Crippen LogP contribution in [-0.2, 0) is 27.8 Å². The molecular formula is C18H23N3O3S2. The van der Waals surface area contributed by atoms with Crippen molar-refractivity contribution in [2.45, 2.75) is 25.8 Å². The Labute approximate surface area is 158 Å². The SMILES string of the molecule is CS(=O)(=O)N1CCC(C(=O)NCc2ncc(Cc3ccccc3)s2)CC1. The molecule has 0 saturated carbocycles. The minimum Gasteiger partial charge on any atom is -0.349 e. The van der Waals surface area contributed by atoms with Crippen LogP contribution in [0.3, 0.4) is 0 Å². The second kappa shape index (κ2) is 8.28. The Hall–Kier alpha value is -1.77. The number of rotatable bonds is 6. The Kier molecular flexibility index (Phi) is 6.05. The summed E-state index contributed by atoms with van der Waals surface area (Å²) >= 11 is 1.61. The number of sulfonamides is 1. The summed E-state index contributed by atoms with van der Waals surface area (Å²) in [7, 11) is -3.16. The lowest BCUT2D eigenvalue weighted by atomic mass is 9.97. The van der Waals surface area contributed by atoms with Crippen molar-refractivity contribution in [3.8, 4) is 0 Å². The first-order valence-electron chi connectivity index (χ1n) is 8.62. The predicted molar refractivity (Wildman–Crippen MR) is 102 cm³/mol. The maximum Gasteiger partial charge on any atom is 0.223 e. The Balaban J connectivity index is 1.47. The van der Waals surface area contributed by atoms with Crippen molar-refractivity contribution in [3.05, 3.63) is 52.0 Å². The maximum absolute atomic E-state index is 12.3. The molecule has 0 spiro atoms. The van der Waals surface area contributed by atoms with Crippen molar-refractivity contribution < 1.29 is 13.2 Å². The minimum absolute atomic E-state index is 0.0158. The number of benzene rings is 1. The summed E-state index contributed by atoms with van der Waals surface area (Å²) in [6.07, 6.45) is 5.05. The topological polar surface area (TPSA) is 79.4 Å². The molecule has 1 aliphatic heterocycles. The van der Waals surface area contributed by atoms with Gasteiger partial charge < -0.3 is 5.32 Å². The van der Waals surface area contributed by atoms with Gasteiger partial charge in [-0.25, -0.2) is 17.7 Å². The zero-order valence-corrected chi connectivity index (χ0v) is 16.4. The van der Waals surface area contributed by atoms with E-state index in [1.54, 1.807) is 11.3 Å². The second-order valence-electron chi connectivity index (χ2n) is 6.54. The van der Waals surface area contributed by atoms with E-state index in [9.17, 15) is 13.2 Å². The van der Waals surface area contributed by atoms with Crippen LogP contribution in [-0.4, -0.2) is 43.0 Å². The summed E-state index contributed by atoms with van der Waals surface area (Å²) in [5.74, 6) is -0.144. The van der Waals surface area contributed by atoms with Crippen molar-refractivity contribution >= 4 is 27.3 Å². The van der Waals surface area contributed by atoms with Crippen LogP contribution in [0.15, 0.2) is 36.5 Å². The van der Waals surface area contributed by atoms with Crippen LogP contribution in [0.25, 0.3) is 0 Å². The molecular weight excluding hydrogens is 370 g/mol. The van der Waals surface area contributed by atoms with Crippen LogP contribution in [0.5, 0.6) is 0 Å². The van der Waals surface area contributed by atoms with Gasteiger partial charge in [0.1, 0.15) is 5.01 Å². The van der Waals surface area contributed by atoms with Gasteiger partial charge in [-0.15, -0.1) is 11.3 Å². The number of hydrogen-bond donors (Lipinski definition) is 1. The van der Waals surface area contributed by atoms with Crippen LogP contribution >= 0.6 is 11.3 Å². The highest BCUT2D eigenvalue weighted by molar-refractivity contribution is 7.88. The minimum atomic E-state index is -3.16. The highest BCUT2D eigenvalue weighted by Gasteiger charge is 2.28. The standard InChI is InChI=1S/C18H23N3O3S2/c1-26(23,24)21-9-7-15(8-10-21)18(22)20-13-17-19-12-16(25-17)11-14-5-3-2-4-6-14/h2-6,12,15H,7-11,13H2,1H3,(H,20,22). The highest BCUT2D eigenvalue weighted by Crippen LogP contribution is 2.20. The molecule has 140 valence electrons. The van der Waals surface area contributed by atoms with Crippen molar-refractivity contribution in [1.29, 1.82) is 0 Å².